The summed E-state index contributed by atoms with van der Waals surface area (Å²) in [6.45, 7) is 3.59. The lowest BCUT2D eigenvalue weighted by atomic mass is 9.99. The van der Waals surface area contributed by atoms with Crippen molar-refractivity contribution in [2.45, 2.75) is 103 Å². The second kappa shape index (κ2) is 15.7. The monoisotopic (exact) mass is 452 g/mol. The van der Waals surface area contributed by atoms with E-state index < -0.39 is 0 Å². The second-order valence-corrected chi connectivity index (χ2v) is 9.55. The van der Waals surface area contributed by atoms with E-state index in [0.29, 0.717) is 30.7 Å². The molecule has 4 nitrogen and oxygen atoms in total. The van der Waals surface area contributed by atoms with Gasteiger partial charge in [-0.1, -0.05) is 121 Å². The fourth-order valence-electron chi connectivity index (χ4n) is 4.70. The minimum Gasteiger partial charge on any atom is -0.487 e. The van der Waals surface area contributed by atoms with Crippen LogP contribution in [0.25, 0.3) is 11.4 Å². The minimum absolute atomic E-state index is 0.580. The largest absolute Gasteiger partial charge is 0.487 e. The Kier molecular flexibility index (Phi) is 12.1. The molecule has 0 N–H and O–H groups in total. The Labute approximate surface area is 201 Å². The molecule has 0 unspecified atom stereocenters. The summed E-state index contributed by atoms with van der Waals surface area (Å²) in [7, 11) is 0. The van der Waals surface area contributed by atoms with Crippen molar-refractivity contribution in [2.24, 2.45) is 5.92 Å². The van der Waals surface area contributed by atoms with E-state index in [4.69, 9.17) is 14.5 Å². The Bertz CT molecular complexity index is 759. The van der Waals surface area contributed by atoms with Crippen LogP contribution in [-0.4, -0.2) is 23.2 Å². The predicted molar refractivity (Wildman–Crippen MR) is 137 cm³/mol. The summed E-state index contributed by atoms with van der Waals surface area (Å²) < 4.78 is 12.1. The van der Waals surface area contributed by atoms with Crippen LogP contribution in [0.2, 0.25) is 0 Å². The highest BCUT2D eigenvalue weighted by molar-refractivity contribution is 5.56. The van der Waals surface area contributed by atoms with Gasteiger partial charge in [0.1, 0.15) is 0 Å². The second-order valence-electron chi connectivity index (χ2n) is 9.55. The van der Waals surface area contributed by atoms with Crippen LogP contribution >= 0.6 is 0 Å². The molecule has 0 saturated heterocycles. The van der Waals surface area contributed by atoms with Crippen LogP contribution in [0.4, 0.5) is 0 Å². The van der Waals surface area contributed by atoms with Gasteiger partial charge in [0.2, 0.25) is 0 Å². The molecular formula is C29H44N2O2. The number of unbranched alkanes of at least 4 members (excludes halogenated alkanes) is 8. The number of benzene rings is 1. The van der Waals surface area contributed by atoms with Crippen LogP contribution in [0.15, 0.2) is 36.5 Å². The van der Waals surface area contributed by atoms with E-state index in [-0.39, 0.29) is 0 Å². The fraction of sp³-hybridized carbons (Fsp3) is 0.655. The van der Waals surface area contributed by atoms with E-state index >= 15 is 0 Å². The minimum atomic E-state index is 0.580. The Morgan fingerprint density at radius 3 is 2.21 bits per heavy atom. The molecule has 1 heterocycles. The summed E-state index contributed by atoms with van der Waals surface area (Å²) >= 11 is 0. The van der Waals surface area contributed by atoms with Crippen LogP contribution < -0.4 is 9.47 Å². The molecule has 182 valence electrons. The molecule has 0 amide bonds. The molecule has 1 aliphatic carbocycles. The van der Waals surface area contributed by atoms with Crippen molar-refractivity contribution in [3.63, 3.8) is 0 Å². The van der Waals surface area contributed by atoms with Crippen molar-refractivity contribution >= 4 is 0 Å². The number of hydrogen-bond donors (Lipinski definition) is 0. The lowest BCUT2D eigenvalue weighted by Gasteiger charge is -2.13. The van der Waals surface area contributed by atoms with Crippen molar-refractivity contribution in [1.29, 1.82) is 0 Å². The van der Waals surface area contributed by atoms with Gasteiger partial charge in [-0.25, -0.2) is 4.98 Å². The molecule has 4 heteroatoms. The lowest BCUT2D eigenvalue weighted by Crippen LogP contribution is -2.06. The normalized spacial score (nSPS) is 14.0. The number of ether oxygens (including phenoxy) is 2. The van der Waals surface area contributed by atoms with Gasteiger partial charge in [-0.2, -0.15) is 4.98 Å². The first kappa shape index (κ1) is 25.5. The van der Waals surface area contributed by atoms with Crippen molar-refractivity contribution in [1.82, 2.24) is 9.97 Å². The molecule has 1 aromatic carbocycles. The molecule has 0 atom stereocenters. The maximum atomic E-state index is 6.10. The molecule has 1 aliphatic rings. The van der Waals surface area contributed by atoms with E-state index in [9.17, 15) is 0 Å². The molecule has 0 aliphatic heterocycles. The van der Waals surface area contributed by atoms with Crippen LogP contribution in [0.3, 0.4) is 0 Å². The fourth-order valence-corrected chi connectivity index (χ4v) is 4.70. The standard InChI is InChI=1S/C29H44N2O2/c1-2-3-4-15-22-32-27-24-30-28(26-20-11-9-12-21-26)31-29(27)33-23-16-8-6-5-7-10-17-25-18-13-14-19-25/h9,11-12,20-21,24-25H,2-8,10,13-19,22-23H2,1H3. The smallest absolute Gasteiger partial charge is 0.260 e. The van der Waals surface area contributed by atoms with E-state index in [1.165, 1.54) is 83.5 Å². The van der Waals surface area contributed by atoms with Crippen molar-refractivity contribution in [3.05, 3.63) is 36.5 Å². The third kappa shape index (κ3) is 9.73. The highest BCUT2D eigenvalue weighted by Crippen LogP contribution is 2.30. The third-order valence-corrected chi connectivity index (χ3v) is 6.73. The van der Waals surface area contributed by atoms with Crippen LogP contribution in [0.5, 0.6) is 11.6 Å². The van der Waals surface area contributed by atoms with Gasteiger partial charge in [-0.05, 0) is 18.8 Å². The van der Waals surface area contributed by atoms with Gasteiger partial charge in [0.15, 0.2) is 11.6 Å². The van der Waals surface area contributed by atoms with Crippen molar-refractivity contribution in [3.8, 4) is 23.0 Å². The molecule has 0 spiro atoms. The van der Waals surface area contributed by atoms with Crippen molar-refractivity contribution in [2.75, 3.05) is 13.2 Å². The zero-order chi connectivity index (χ0) is 23.0. The zero-order valence-corrected chi connectivity index (χ0v) is 20.8. The molecule has 1 aromatic heterocycles. The first-order valence-electron chi connectivity index (χ1n) is 13.5. The Balaban J connectivity index is 1.40. The molecule has 1 fully saturated rings. The van der Waals surface area contributed by atoms with Gasteiger partial charge in [-0.3, -0.25) is 0 Å². The third-order valence-electron chi connectivity index (χ3n) is 6.73. The molecule has 1 saturated carbocycles. The quantitative estimate of drug-likeness (QED) is 0.226. The summed E-state index contributed by atoms with van der Waals surface area (Å²) in [4.78, 5) is 9.22. The molecular weight excluding hydrogens is 408 g/mol. The summed E-state index contributed by atoms with van der Waals surface area (Å²) in [5.41, 5.74) is 0.995. The average Bonchev–Trinajstić information content (AvgIpc) is 3.37. The van der Waals surface area contributed by atoms with Gasteiger partial charge in [0.05, 0.1) is 19.4 Å². The average molecular weight is 453 g/mol. The lowest BCUT2D eigenvalue weighted by molar-refractivity contribution is 0.249. The summed E-state index contributed by atoms with van der Waals surface area (Å²) in [5.74, 6) is 2.97. The maximum Gasteiger partial charge on any atom is 0.260 e. The first-order chi connectivity index (χ1) is 16.4. The number of rotatable bonds is 17. The van der Waals surface area contributed by atoms with Gasteiger partial charge in [-0.15, -0.1) is 0 Å². The van der Waals surface area contributed by atoms with E-state index in [1.807, 2.05) is 30.3 Å². The molecule has 2 aromatic rings. The number of aromatic nitrogens is 2. The molecule has 3 rings (SSSR count). The van der Waals surface area contributed by atoms with Gasteiger partial charge in [0, 0.05) is 5.56 Å². The zero-order valence-electron chi connectivity index (χ0n) is 20.8. The van der Waals surface area contributed by atoms with E-state index in [1.54, 1.807) is 6.20 Å². The summed E-state index contributed by atoms with van der Waals surface area (Å²) in [5, 5.41) is 0. The van der Waals surface area contributed by atoms with Gasteiger partial charge < -0.3 is 9.47 Å². The molecule has 33 heavy (non-hydrogen) atoms. The Morgan fingerprint density at radius 1 is 0.788 bits per heavy atom. The van der Waals surface area contributed by atoms with Crippen LogP contribution in [-0.2, 0) is 0 Å². The molecule has 0 bridgehead atoms. The predicted octanol–water partition coefficient (Wildman–Crippen LogP) is 8.40. The first-order valence-corrected chi connectivity index (χ1v) is 13.5. The van der Waals surface area contributed by atoms with Gasteiger partial charge >= 0.3 is 0 Å². The summed E-state index contributed by atoms with van der Waals surface area (Å²) in [6, 6.07) is 10.1. The summed E-state index contributed by atoms with van der Waals surface area (Å²) in [6.07, 6.45) is 21.6. The highest BCUT2D eigenvalue weighted by atomic mass is 16.5. The van der Waals surface area contributed by atoms with Crippen molar-refractivity contribution < 1.29 is 9.47 Å². The number of hydrogen-bond acceptors (Lipinski definition) is 4. The topological polar surface area (TPSA) is 44.2 Å². The Hall–Kier alpha value is -2.10. The highest BCUT2D eigenvalue weighted by Gasteiger charge is 2.14. The van der Waals surface area contributed by atoms with E-state index in [2.05, 4.69) is 11.9 Å². The van der Waals surface area contributed by atoms with E-state index in [0.717, 1.165) is 24.3 Å². The Morgan fingerprint density at radius 2 is 1.45 bits per heavy atom. The maximum absolute atomic E-state index is 6.10. The SMILES string of the molecule is CCCCCCOc1cnc(-c2ccccc2)nc1OCCCCCCCCC1CCCC1. The van der Waals surface area contributed by atoms with Crippen LogP contribution in [0, 0.1) is 5.92 Å². The molecule has 0 radical (unpaired) electrons. The number of nitrogens with zero attached hydrogens (tertiary/aromatic N) is 2. The van der Waals surface area contributed by atoms with Crippen LogP contribution in [0.1, 0.15) is 103 Å². The van der Waals surface area contributed by atoms with Gasteiger partial charge in [0.25, 0.3) is 5.88 Å².